The van der Waals surface area contributed by atoms with E-state index in [-0.39, 0.29) is 12.2 Å². The number of carbonyl (C=O) groups excluding carboxylic acids is 3. The van der Waals surface area contributed by atoms with E-state index in [9.17, 15) is 14.4 Å². The molecule has 38 heavy (non-hydrogen) atoms. The first kappa shape index (κ1) is 27.7. The van der Waals surface area contributed by atoms with Gasteiger partial charge in [-0.05, 0) is 82.9 Å². The summed E-state index contributed by atoms with van der Waals surface area (Å²) in [5.41, 5.74) is 2.45. The highest BCUT2D eigenvalue weighted by molar-refractivity contribution is 9.10. The van der Waals surface area contributed by atoms with Gasteiger partial charge in [-0.2, -0.15) is 0 Å². The van der Waals surface area contributed by atoms with Crippen molar-refractivity contribution in [2.75, 3.05) is 11.5 Å². The van der Waals surface area contributed by atoms with Crippen LogP contribution in [0.25, 0.3) is 6.08 Å². The second kappa shape index (κ2) is 12.0. The highest BCUT2D eigenvalue weighted by atomic mass is 79.9. The maximum absolute atomic E-state index is 13.3. The van der Waals surface area contributed by atoms with Gasteiger partial charge in [-0.3, -0.25) is 14.9 Å². The highest BCUT2D eigenvalue weighted by Gasteiger charge is 2.36. The summed E-state index contributed by atoms with van der Waals surface area (Å²) < 4.78 is 12.3. The van der Waals surface area contributed by atoms with Crippen LogP contribution in [0, 0.1) is 0 Å². The third-order valence-electron chi connectivity index (χ3n) is 5.73. The van der Waals surface area contributed by atoms with Crippen LogP contribution in [0.3, 0.4) is 0 Å². The van der Waals surface area contributed by atoms with Crippen molar-refractivity contribution in [2.45, 2.75) is 26.9 Å². The number of carbonyl (C=O) groups is 3. The Kier molecular flexibility index (Phi) is 8.76. The van der Waals surface area contributed by atoms with Gasteiger partial charge in [0.25, 0.3) is 11.8 Å². The van der Waals surface area contributed by atoms with Crippen LogP contribution in [0.2, 0.25) is 10.0 Å². The minimum atomic E-state index is -0.804. The van der Waals surface area contributed by atoms with Crippen LogP contribution < -0.4 is 19.7 Å². The molecule has 0 spiro atoms. The number of halogens is 3. The van der Waals surface area contributed by atoms with Gasteiger partial charge < -0.3 is 9.47 Å². The van der Waals surface area contributed by atoms with E-state index in [1.165, 1.54) is 6.08 Å². The molecule has 1 fully saturated rings. The highest BCUT2D eigenvalue weighted by Crippen LogP contribution is 2.39. The van der Waals surface area contributed by atoms with E-state index in [4.69, 9.17) is 32.7 Å². The third kappa shape index (κ3) is 6.04. The van der Waals surface area contributed by atoms with Gasteiger partial charge in [0.1, 0.15) is 12.2 Å². The fourth-order valence-corrected chi connectivity index (χ4v) is 4.84. The molecule has 1 saturated heterocycles. The molecule has 1 aliphatic rings. The molecule has 0 bridgehead atoms. The molecule has 0 saturated carbocycles. The summed E-state index contributed by atoms with van der Waals surface area (Å²) in [4.78, 5) is 39.4. The number of anilines is 1. The van der Waals surface area contributed by atoms with Crippen LogP contribution in [0.1, 0.15) is 30.5 Å². The van der Waals surface area contributed by atoms with E-state index in [0.717, 1.165) is 22.4 Å². The average Bonchev–Trinajstić information content (AvgIpc) is 2.87. The maximum atomic E-state index is 13.3. The SMILES string of the molecule is CCOc1cc(/C=C2/C(=O)NC(=O)N(c3ccc(CC)cc3)C2=O)cc(Br)c1OCc1ccc(Cl)cc1Cl. The lowest BCUT2D eigenvalue weighted by molar-refractivity contribution is -0.122. The number of imide groups is 2. The van der Waals surface area contributed by atoms with Crippen LogP contribution in [0.4, 0.5) is 10.5 Å². The molecule has 0 radical (unpaired) electrons. The van der Waals surface area contributed by atoms with E-state index in [1.54, 1.807) is 42.5 Å². The number of hydrogen-bond donors (Lipinski definition) is 1. The number of ether oxygens (including phenoxy) is 2. The largest absolute Gasteiger partial charge is 0.490 e. The van der Waals surface area contributed by atoms with E-state index < -0.39 is 17.8 Å². The second-order valence-corrected chi connectivity index (χ2v) is 9.96. The summed E-state index contributed by atoms with van der Waals surface area (Å²) in [6.45, 7) is 4.33. The molecule has 196 valence electrons. The van der Waals surface area contributed by atoms with Crippen molar-refractivity contribution in [1.82, 2.24) is 5.32 Å². The number of barbiturate groups is 1. The number of amides is 4. The zero-order valence-electron chi connectivity index (χ0n) is 20.5. The molecule has 3 aromatic rings. The minimum Gasteiger partial charge on any atom is -0.490 e. The van der Waals surface area contributed by atoms with E-state index >= 15 is 0 Å². The van der Waals surface area contributed by atoms with E-state index in [0.29, 0.717) is 43.9 Å². The Bertz CT molecular complexity index is 1440. The monoisotopic (exact) mass is 616 g/mol. The number of aryl methyl sites for hydroxylation is 1. The summed E-state index contributed by atoms with van der Waals surface area (Å²) >= 11 is 15.7. The van der Waals surface area contributed by atoms with Gasteiger partial charge in [-0.1, -0.05) is 48.3 Å². The molecule has 0 atom stereocenters. The predicted octanol–water partition coefficient (Wildman–Crippen LogP) is 6.96. The molecule has 1 heterocycles. The van der Waals surface area contributed by atoms with Crippen LogP contribution in [0.15, 0.2) is 64.6 Å². The van der Waals surface area contributed by atoms with Crippen molar-refractivity contribution in [3.8, 4) is 11.5 Å². The molecule has 7 nitrogen and oxygen atoms in total. The Balaban J connectivity index is 1.65. The predicted molar refractivity (Wildman–Crippen MR) is 151 cm³/mol. The van der Waals surface area contributed by atoms with Crippen molar-refractivity contribution in [3.05, 3.63) is 91.4 Å². The summed E-state index contributed by atoms with van der Waals surface area (Å²) in [6, 6.07) is 14.7. The van der Waals surface area contributed by atoms with Gasteiger partial charge in [-0.15, -0.1) is 0 Å². The van der Waals surface area contributed by atoms with Gasteiger partial charge in [0.2, 0.25) is 0 Å². The van der Waals surface area contributed by atoms with E-state index in [1.807, 2.05) is 26.0 Å². The molecule has 1 aliphatic heterocycles. The molecule has 3 aromatic carbocycles. The van der Waals surface area contributed by atoms with Crippen molar-refractivity contribution in [3.63, 3.8) is 0 Å². The normalized spacial score (nSPS) is 14.6. The number of nitrogens with zero attached hydrogens (tertiary/aromatic N) is 1. The standard InChI is InChI=1S/C28H23BrCl2N2O5/c1-3-16-5-9-20(10-6-16)33-27(35)21(26(34)32-28(33)36)11-17-12-22(29)25(24(13-17)37-4-2)38-15-18-7-8-19(30)14-23(18)31/h5-14H,3-4,15H2,1-2H3,(H,32,34,36)/b21-11-. The quantitative estimate of drug-likeness (QED) is 0.218. The van der Waals surface area contributed by atoms with Crippen molar-refractivity contribution < 1.29 is 23.9 Å². The molecule has 4 rings (SSSR count). The molecule has 10 heteroatoms. The lowest BCUT2D eigenvalue weighted by Gasteiger charge is -2.26. The summed E-state index contributed by atoms with van der Waals surface area (Å²) in [5, 5.41) is 3.23. The second-order valence-electron chi connectivity index (χ2n) is 8.27. The van der Waals surface area contributed by atoms with Gasteiger partial charge in [-0.25, -0.2) is 9.69 Å². The minimum absolute atomic E-state index is 0.157. The van der Waals surface area contributed by atoms with Crippen LogP contribution in [-0.2, 0) is 22.6 Å². The first-order valence-corrected chi connectivity index (χ1v) is 13.3. The number of benzene rings is 3. The first-order chi connectivity index (χ1) is 18.2. The first-order valence-electron chi connectivity index (χ1n) is 11.7. The Morgan fingerprint density at radius 1 is 0.974 bits per heavy atom. The zero-order valence-corrected chi connectivity index (χ0v) is 23.6. The molecule has 0 aromatic heterocycles. The van der Waals surface area contributed by atoms with Crippen LogP contribution in [0.5, 0.6) is 11.5 Å². The van der Waals surface area contributed by atoms with Crippen molar-refractivity contribution >= 4 is 68.7 Å². The lowest BCUT2D eigenvalue weighted by atomic mass is 10.1. The van der Waals surface area contributed by atoms with Gasteiger partial charge in [0.15, 0.2) is 11.5 Å². The Labute approximate surface area is 238 Å². The van der Waals surface area contributed by atoms with Crippen LogP contribution in [-0.4, -0.2) is 24.5 Å². The van der Waals surface area contributed by atoms with Crippen molar-refractivity contribution in [1.29, 1.82) is 0 Å². The molecular weight excluding hydrogens is 595 g/mol. The third-order valence-corrected chi connectivity index (χ3v) is 6.91. The fraction of sp³-hybridized carbons (Fsp3) is 0.179. The summed E-state index contributed by atoms with van der Waals surface area (Å²) in [7, 11) is 0. The van der Waals surface area contributed by atoms with E-state index in [2.05, 4.69) is 21.2 Å². The summed E-state index contributed by atoms with van der Waals surface area (Å²) in [5.74, 6) is -0.694. The number of nitrogens with one attached hydrogen (secondary N) is 1. The number of urea groups is 1. The Morgan fingerprint density at radius 2 is 1.71 bits per heavy atom. The van der Waals surface area contributed by atoms with Gasteiger partial charge in [0, 0.05) is 15.6 Å². The Morgan fingerprint density at radius 3 is 2.37 bits per heavy atom. The van der Waals surface area contributed by atoms with Gasteiger partial charge >= 0.3 is 6.03 Å². The van der Waals surface area contributed by atoms with Crippen molar-refractivity contribution in [2.24, 2.45) is 0 Å². The number of rotatable bonds is 8. The summed E-state index contributed by atoms with van der Waals surface area (Å²) in [6.07, 6.45) is 2.22. The van der Waals surface area contributed by atoms with Crippen LogP contribution >= 0.6 is 39.1 Å². The lowest BCUT2D eigenvalue weighted by Crippen LogP contribution is -2.54. The molecule has 0 aliphatic carbocycles. The average molecular weight is 618 g/mol. The molecular formula is C28H23BrCl2N2O5. The smallest absolute Gasteiger partial charge is 0.335 e. The fourth-order valence-electron chi connectivity index (χ4n) is 3.80. The topological polar surface area (TPSA) is 84.9 Å². The molecule has 4 amide bonds. The van der Waals surface area contributed by atoms with Gasteiger partial charge in [0.05, 0.1) is 16.8 Å². The molecule has 0 unspecified atom stereocenters. The Hall–Kier alpha value is -3.33. The number of hydrogen-bond acceptors (Lipinski definition) is 5. The maximum Gasteiger partial charge on any atom is 0.335 e. The molecule has 1 N–H and O–H groups in total. The zero-order chi connectivity index (χ0) is 27.4.